The molecule has 7 heteroatoms. The molecule has 0 bridgehead atoms. The third-order valence-electron chi connectivity index (χ3n) is 2.37. The Labute approximate surface area is 117 Å². The number of halogens is 3. The number of ether oxygens (including phenoxy) is 2. The largest absolute Gasteiger partial charge is 0.494 e. The maximum atomic E-state index is 13.9. The van der Waals surface area contributed by atoms with Crippen LogP contribution in [0.15, 0.2) is 30.6 Å². The van der Waals surface area contributed by atoms with E-state index in [0.717, 1.165) is 12.1 Å². The minimum Gasteiger partial charge on any atom is -0.494 e. The summed E-state index contributed by atoms with van der Waals surface area (Å²) < 4.78 is 36.9. The van der Waals surface area contributed by atoms with Crippen LogP contribution in [0, 0.1) is 11.6 Å². The van der Waals surface area contributed by atoms with Crippen molar-refractivity contribution in [2.24, 2.45) is 0 Å². The Morgan fingerprint density at radius 2 is 2.05 bits per heavy atom. The molecule has 20 heavy (non-hydrogen) atoms. The summed E-state index contributed by atoms with van der Waals surface area (Å²) in [6.07, 6.45) is 2.52. The van der Waals surface area contributed by atoms with Gasteiger partial charge in [-0.25, -0.2) is 13.6 Å². The van der Waals surface area contributed by atoms with Crippen LogP contribution >= 0.6 is 11.6 Å². The number of hydrogen-bond donors (Lipinski definition) is 0. The first kappa shape index (κ1) is 14.2. The molecule has 0 unspecified atom stereocenters. The summed E-state index contributed by atoms with van der Waals surface area (Å²) in [5, 5.41) is 0.224. The molecule has 4 nitrogen and oxygen atoms in total. The number of methoxy groups -OCH3 is 1. The summed E-state index contributed by atoms with van der Waals surface area (Å²) in [6, 6.07) is 3.28. The molecule has 0 aliphatic rings. The van der Waals surface area contributed by atoms with Crippen LogP contribution < -0.4 is 9.47 Å². The Balaban J connectivity index is 2.34. The Hall–Kier alpha value is -2.21. The molecule has 2 rings (SSSR count). The van der Waals surface area contributed by atoms with Gasteiger partial charge in [0.1, 0.15) is 11.4 Å². The third kappa shape index (κ3) is 2.85. The molecule has 0 fully saturated rings. The lowest BCUT2D eigenvalue weighted by Gasteiger charge is -2.08. The summed E-state index contributed by atoms with van der Waals surface area (Å²) in [6.45, 7) is 0. The van der Waals surface area contributed by atoms with Crippen LogP contribution in [-0.2, 0) is 0 Å². The van der Waals surface area contributed by atoms with Crippen LogP contribution in [0.5, 0.6) is 11.5 Å². The highest BCUT2D eigenvalue weighted by Gasteiger charge is 2.23. The number of aromatic nitrogens is 1. The number of esters is 1. The Morgan fingerprint density at radius 3 is 2.70 bits per heavy atom. The first-order valence-corrected chi connectivity index (χ1v) is 5.75. The zero-order valence-corrected chi connectivity index (χ0v) is 10.9. The van der Waals surface area contributed by atoms with E-state index < -0.39 is 23.2 Å². The van der Waals surface area contributed by atoms with Crippen molar-refractivity contribution in [2.75, 3.05) is 7.11 Å². The Morgan fingerprint density at radius 1 is 1.30 bits per heavy atom. The quantitative estimate of drug-likeness (QED) is 0.816. The predicted molar refractivity (Wildman–Crippen MR) is 67.1 cm³/mol. The van der Waals surface area contributed by atoms with Gasteiger partial charge in [0, 0.05) is 12.3 Å². The van der Waals surface area contributed by atoms with E-state index in [4.69, 9.17) is 16.3 Å². The van der Waals surface area contributed by atoms with Crippen molar-refractivity contribution in [3.8, 4) is 11.5 Å². The van der Waals surface area contributed by atoms with Crippen molar-refractivity contribution in [2.45, 2.75) is 0 Å². The molecule has 1 heterocycles. The summed E-state index contributed by atoms with van der Waals surface area (Å²) in [7, 11) is 1.20. The molecule has 0 saturated heterocycles. The summed E-state index contributed by atoms with van der Waals surface area (Å²) in [4.78, 5) is 15.5. The SMILES string of the molecule is COc1ccc(F)c(C(=O)Oc2cncc(Cl)c2)c1F. The van der Waals surface area contributed by atoms with Gasteiger partial charge in [-0.05, 0) is 12.1 Å². The molecule has 2 aromatic rings. The van der Waals surface area contributed by atoms with E-state index in [9.17, 15) is 13.6 Å². The second kappa shape index (κ2) is 5.83. The van der Waals surface area contributed by atoms with E-state index in [1.165, 1.54) is 25.6 Å². The number of pyridine rings is 1. The molecule has 1 aromatic carbocycles. The number of rotatable bonds is 3. The van der Waals surface area contributed by atoms with Crippen molar-refractivity contribution >= 4 is 17.6 Å². The highest BCUT2D eigenvalue weighted by molar-refractivity contribution is 6.30. The van der Waals surface area contributed by atoms with Crippen LogP contribution in [0.25, 0.3) is 0 Å². The van der Waals surface area contributed by atoms with E-state index in [-0.39, 0.29) is 16.5 Å². The second-order valence-corrected chi connectivity index (χ2v) is 4.10. The molecule has 0 amide bonds. The zero-order chi connectivity index (χ0) is 14.7. The van der Waals surface area contributed by atoms with Gasteiger partial charge in [-0.3, -0.25) is 4.98 Å². The molecular formula is C13H8ClF2NO3. The third-order valence-corrected chi connectivity index (χ3v) is 2.58. The average Bonchev–Trinajstić information content (AvgIpc) is 2.39. The van der Waals surface area contributed by atoms with Gasteiger partial charge in [0.25, 0.3) is 0 Å². The molecule has 0 radical (unpaired) electrons. The number of hydrogen-bond acceptors (Lipinski definition) is 4. The number of benzene rings is 1. The molecule has 0 spiro atoms. The van der Waals surface area contributed by atoms with Crippen molar-refractivity contribution in [1.29, 1.82) is 0 Å². The Bertz CT molecular complexity index is 664. The second-order valence-electron chi connectivity index (χ2n) is 3.67. The zero-order valence-electron chi connectivity index (χ0n) is 10.2. The van der Waals surface area contributed by atoms with Crippen molar-refractivity contribution in [3.05, 3.63) is 52.8 Å². The van der Waals surface area contributed by atoms with Gasteiger partial charge < -0.3 is 9.47 Å². The van der Waals surface area contributed by atoms with Crippen LogP contribution in [0.3, 0.4) is 0 Å². The van der Waals surface area contributed by atoms with Gasteiger partial charge in [-0.15, -0.1) is 0 Å². The lowest BCUT2D eigenvalue weighted by molar-refractivity contribution is 0.0723. The van der Waals surface area contributed by atoms with E-state index in [1.807, 2.05) is 0 Å². The van der Waals surface area contributed by atoms with E-state index >= 15 is 0 Å². The molecule has 0 saturated carbocycles. The van der Waals surface area contributed by atoms with Gasteiger partial charge in [0.2, 0.25) is 0 Å². The van der Waals surface area contributed by atoms with Crippen molar-refractivity contribution in [1.82, 2.24) is 4.98 Å². The first-order valence-electron chi connectivity index (χ1n) is 5.37. The minimum absolute atomic E-state index is 0.0240. The van der Waals surface area contributed by atoms with Gasteiger partial charge >= 0.3 is 5.97 Å². The summed E-state index contributed by atoms with van der Waals surface area (Å²) in [5.74, 6) is -3.68. The maximum absolute atomic E-state index is 13.9. The van der Waals surface area contributed by atoms with Crippen LogP contribution in [-0.4, -0.2) is 18.1 Å². The highest BCUT2D eigenvalue weighted by atomic mass is 35.5. The topological polar surface area (TPSA) is 48.4 Å². The van der Waals surface area contributed by atoms with Gasteiger partial charge in [0.15, 0.2) is 17.3 Å². The molecule has 104 valence electrons. The summed E-state index contributed by atoms with van der Waals surface area (Å²) in [5.41, 5.74) is -0.843. The number of nitrogens with zero attached hydrogens (tertiary/aromatic N) is 1. The Kier molecular flexibility index (Phi) is 4.14. The molecule has 0 N–H and O–H groups in total. The maximum Gasteiger partial charge on any atom is 0.349 e. The van der Waals surface area contributed by atoms with Crippen LogP contribution in [0.1, 0.15) is 10.4 Å². The monoisotopic (exact) mass is 299 g/mol. The van der Waals surface area contributed by atoms with Gasteiger partial charge in [-0.1, -0.05) is 11.6 Å². The van der Waals surface area contributed by atoms with Crippen molar-refractivity contribution < 1.29 is 23.0 Å². The minimum atomic E-state index is -1.21. The molecule has 0 aliphatic heterocycles. The lowest BCUT2D eigenvalue weighted by atomic mass is 10.2. The van der Waals surface area contributed by atoms with Gasteiger partial charge in [-0.2, -0.15) is 0 Å². The van der Waals surface area contributed by atoms with E-state index in [2.05, 4.69) is 9.72 Å². The average molecular weight is 300 g/mol. The van der Waals surface area contributed by atoms with Crippen molar-refractivity contribution in [3.63, 3.8) is 0 Å². The fourth-order valence-electron chi connectivity index (χ4n) is 1.48. The lowest BCUT2D eigenvalue weighted by Crippen LogP contribution is -2.14. The van der Waals surface area contributed by atoms with Gasteiger partial charge in [0.05, 0.1) is 18.3 Å². The normalized spacial score (nSPS) is 10.2. The highest BCUT2D eigenvalue weighted by Crippen LogP contribution is 2.24. The fourth-order valence-corrected chi connectivity index (χ4v) is 1.65. The van der Waals surface area contributed by atoms with E-state index in [1.54, 1.807) is 0 Å². The summed E-state index contributed by atoms with van der Waals surface area (Å²) >= 11 is 5.66. The number of carbonyl (C=O) groups excluding carboxylic acids is 1. The smallest absolute Gasteiger partial charge is 0.349 e. The number of carbonyl (C=O) groups is 1. The van der Waals surface area contributed by atoms with E-state index in [0.29, 0.717) is 0 Å². The molecular weight excluding hydrogens is 292 g/mol. The van der Waals surface area contributed by atoms with Crippen LogP contribution in [0.4, 0.5) is 8.78 Å². The molecule has 0 aliphatic carbocycles. The molecule has 1 aromatic heterocycles. The van der Waals surface area contributed by atoms with Crippen LogP contribution in [0.2, 0.25) is 5.02 Å². The molecule has 0 atom stereocenters. The fraction of sp³-hybridized carbons (Fsp3) is 0.0769. The predicted octanol–water partition coefficient (Wildman–Crippen LogP) is 3.24. The first-order chi connectivity index (χ1) is 9.52. The standard InChI is InChI=1S/C13H8ClF2NO3/c1-19-10-3-2-9(15)11(12(10)16)13(18)20-8-4-7(14)5-17-6-8/h2-6H,1H3.